The van der Waals surface area contributed by atoms with Crippen molar-refractivity contribution in [3.63, 3.8) is 0 Å². The minimum atomic E-state index is -0.332. The lowest BCUT2D eigenvalue weighted by Crippen LogP contribution is -2.65. The molecule has 1 aliphatic heterocycles. The maximum absolute atomic E-state index is 12.4. The van der Waals surface area contributed by atoms with Gasteiger partial charge in [0.05, 0.1) is 12.7 Å². The molecule has 0 unspecified atom stereocenters. The summed E-state index contributed by atoms with van der Waals surface area (Å²) in [4.78, 5) is 14.5. The third-order valence-corrected chi connectivity index (χ3v) is 5.26. The maximum atomic E-state index is 12.4. The van der Waals surface area contributed by atoms with Crippen LogP contribution in [0.15, 0.2) is 0 Å². The maximum Gasteiger partial charge on any atom is 0.250 e. The SMILES string of the molecule is CCC1(CC)[C@@H](OC)C[C@H]1NC(=O)[C@@H]1CN(C)CCO1. The molecule has 5 nitrogen and oxygen atoms in total. The molecule has 0 radical (unpaired) electrons. The number of nitrogens with zero attached hydrogens (tertiary/aromatic N) is 1. The van der Waals surface area contributed by atoms with Gasteiger partial charge in [-0.25, -0.2) is 0 Å². The molecule has 20 heavy (non-hydrogen) atoms. The molecule has 0 bridgehead atoms. The number of ether oxygens (including phenoxy) is 2. The summed E-state index contributed by atoms with van der Waals surface area (Å²) in [6.45, 7) is 6.56. The average molecular weight is 284 g/mol. The number of morpholine rings is 1. The van der Waals surface area contributed by atoms with Crippen molar-refractivity contribution < 1.29 is 14.3 Å². The Morgan fingerprint density at radius 2 is 2.15 bits per heavy atom. The summed E-state index contributed by atoms with van der Waals surface area (Å²) in [5.74, 6) is 0.0300. The predicted octanol–water partition coefficient (Wildman–Crippen LogP) is 1.03. The lowest BCUT2D eigenvalue weighted by Gasteiger charge is -2.55. The summed E-state index contributed by atoms with van der Waals surface area (Å²) in [5.41, 5.74) is 0.0883. The molecular formula is C15H28N2O3. The van der Waals surface area contributed by atoms with E-state index in [1.54, 1.807) is 7.11 Å². The van der Waals surface area contributed by atoms with E-state index < -0.39 is 0 Å². The summed E-state index contributed by atoms with van der Waals surface area (Å²) in [7, 11) is 3.79. The van der Waals surface area contributed by atoms with E-state index in [2.05, 4.69) is 24.1 Å². The Kier molecular flexibility index (Phi) is 5.04. The molecule has 1 N–H and O–H groups in total. The molecule has 2 aliphatic rings. The number of carbonyl (C=O) groups is 1. The standard InChI is InChI=1S/C15H28N2O3/c1-5-15(6-2)12(9-13(15)19-4)16-14(18)11-10-17(3)7-8-20-11/h11-13H,5-10H2,1-4H3,(H,16,18)/t11-,12+,13-/m0/s1. The van der Waals surface area contributed by atoms with Gasteiger partial charge in [-0.2, -0.15) is 0 Å². The largest absolute Gasteiger partial charge is 0.381 e. The fourth-order valence-electron chi connectivity index (χ4n) is 3.68. The van der Waals surface area contributed by atoms with Gasteiger partial charge in [-0.05, 0) is 26.3 Å². The molecule has 1 amide bonds. The first-order valence-electron chi connectivity index (χ1n) is 7.70. The monoisotopic (exact) mass is 284 g/mol. The summed E-state index contributed by atoms with van der Waals surface area (Å²) < 4.78 is 11.2. The van der Waals surface area contributed by atoms with Crippen LogP contribution in [0.1, 0.15) is 33.1 Å². The number of likely N-dealkylation sites (N-methyl/N-ethyl adjacent to an activating group) is 1. The van der Waals surface area contributed by atoms with Crippen LogP contribution >= 0.6 is 0 Å². The molecule has 1 saturated carbocycles. The zero-order chi connectivity index (χ0) is 14.8. The highest BCUT2D eigenvalue weighted by Gasteiger charge is 2.53. The first-order chi connectivity index (χ1) is 9.57. The minimum absolute atomic E-state index is 0.0300. The van der Waals surface area contributed by atoms with Gasteiger partial charge in [0.25, 0.3) is 5.91 Å². The van der Waals surface area contributed by atoms with E-state index in [1.165, 1.54) is 0 Å². The van der Waals surface area contributed by atoms with Crippen LogP contribution in [0.4, 0.5) is 0 Å². The highest BCUT2D eigenvalue weighted by Crippen LogP contribution is 2.48. The van der Waals surface area contributed by atoms with Crippen LogP contribution in [0.25, 0.3) is 0 Å². The van der Waals surface area contributed by atoms with Gasteiger partial charge in [-0.3, -0.25) is 4.79 Å². The quantitative estimate of drug-likeness (QED) is 0.819. The molecule has 5 heteroatoms. The van der Waals surface area contributed by atoms with Crippen molar-refractivity contribution in [2.75, 3.05) is 33.9 Å². The molecule has 0 spiro atoms. The zero-order valence-corrected chi connectivity index (χ0v) is 13.1. The van der Waals surface area contributed by atoms with Crippen LogP contribution in [-0.4, -0.2) is 62.9 Å². The van der Waals surface area contributed by atoms with Crippen LogP contribution in [0.3, 0.4) is 0 Å². The van der Waals surface area contributed by atoms with Crippen LogP contribution in [0.2, 0.25) is 0 Å². The van der Waals surface area contributed by atoms with Crippen molar-refractivity contribution >= 4 is 5.91 Å². The molecule has 3 atom stereocenters. The van der Waals surface area contributed by atoms with Crippen molar-refractivity contribution in [1.82, 2.24) is 10.2 Å². The minimum Gasteiger partial charge on any atom is -0.381 e. The highest BCUT2D eigenvalue weighted by atomic mass is 16.5. The number of nitrogens with one attached hydrogen (secondary N) is 1. The van der Waals surface area contributed by atoms with E-state index in [0.29, 0.717) is 13.2 Å². The number of methoxy groups -OCH3 is 1. The Hall–Kier alpha value is -0.650. The Labute approximate surface area is 122 Å². The normalized spacial score (nSPS) is 33.5. The number of hydrogen-bond donors (Lipinski definition) is 1. The number of amides is 1. The summed E-state index contributed by atoms with van der Waals surface area (Å²) in [6.07, 6.45) is 2.89. The van der Waals surface area contributed by atoms with Gasteiger partial charge in [-0.1, -0.05) is 13.8 Å². The lowest BCUT2D eigenvalue weighted by molar-refractivity contribution is -0.152. The highest BCUT2D eigenvalue weighted by molar-refractivity contribution is 5.81. The van der Waals surface area contributed by atoms with Gasteiger partial charge < -0.3 is 19.7 Å². The second kappa shape index (κ2) is 6.41. The van der Waals surface area contributed by atoms with Crippen LogP contribution in [0, 0.1) is 5.41 Å². The first-order valence-corrected chi connectivity index (χ1v) is 7.70. The Morgan fingerprint density at radius 3 is 2.70 bits per heavy atom. The van der Waals surface area contributed by atoms with Gasteiger partial charge in [0, 0.05) is 31.7 Å². The molecule has 116 valence electrons. The topological polar surface area (TPSA) is 50.8 Å². The van der Waals surface area contributed by atoms with E-state index in [-0.39, 0.29) is 29.6 Å². The zero-order valence-electron chi connectivity index (χ0n) is 13.1. The van der Waals surface area contributed by atoms with Crippen molar-refractivity contribution in [3.8, 4) is 0 Å². The van der Waals surface area contributed by atoms with E-state index >= 15 is 0 Å². The van der Waals surface area contributed by atoms with E-state index in [0.717, 1.165) is 25.8 Å². The average Bonchev–Trinajstić information content (AvgIpc) is 2.44. The third-order valence-electron chi connectivity index (χ3n) is 5.26. The fourth-order valence-corrected chi connectivity index (χ4v) is 3.68. The number of rotatable bonds is 5. The van der Waals surface area contributed by atoms with Crippen LogP contribution in [0.5, 0.6) is 0 Å². The molecular weight excluding hydrogens is 256 g/mol. The number of carbonyl (C=O) groups excluding carboxylic acids is 1. The number of hydrogen-bond acceptors (Lipinski definition) is 4. The second-order valence-corrected chi connectivity index (χ2v) is 6.08. The second-order valence-electron chi connectivity index (χ2n) is 6.08. The van der Waals surface area contributed by atoms with Gasteiger partial charge in [0.1, 0.15) is 6.10 Å². The molecule has 1 heterocycles. The van der Waals surface area contributed by atoms with Gasteiger partial charge in [0.15, 0.2) is 0 Å². The summed E-state index contributed by atoms with van der Waals surface area (Å²) in [5, 5.41) is 3.19. The van der Waals surface area contributed by atoms with E-state index in [9.17, 15) is 4.79 Å². The Morgan fingerprint density at radius 1 is 1.45 bits per heavy atom. The van der Waals surface area contributed by atoms with Crippen molar-refractivity contribution in [3.05, 3.63) is 0 Å². The van der Waals surface area contributed by atoms with Crippen molar-refractivity contribution in [2.24, 2.45) is 5.41 Å². The van der Waals surface area contributed by atoms with Crippen molar-refractivity contribution in [2.45, 2.75) is 51.4 Å². The van der Waals surface area contributed by atoms with Gasteiger partial charge in [0.2, 0.25) is 0 Å². The summed E-state index contributed by atoms with van der Waals surface area (Å²) in [6, 6.07) is 0.214. The molecule has 1 aliphatic carbocycles. The molecule has 0 aromatic rings. The molecule has 1 saturated heterocycles. The molecule has 0 aromatic carbocycles. The smallest absolute Gasteiger partial charge is 0.250 e. The van der Waals surface area contributed by atoms with E-state index in [4.69, 9.17) is 9.47 Å². The Bertz CT molecular complexity index is 344. The lowest BCUT2D eigenvalue weighted by atomic mass is 9.58. The van der Waals surface area contributed by atoms with Gasteiger partial charge in [-0.15, -0.1) is 0 Å². The third kappa shape index (κ3) is 2.71. The van der Waals surface area contributed by atoms with Crippen LogP contribution < -0.4 is 5.32 Å². The first kappa shape index (κ1) is 15.7. The molecule has 0 aromatic heterocycles. The predicted molar refractivity (Wildman–Crippen MR) is 77.6 cm³/mol. The van der Waals surface area contributed by atoms with Gasteiger partial charge >= 0.3 is 0 Å². The van der Waals surface area contributed by atoms with E-state index in [1.807, 2.05) is 7.05 Å². The fraction of sp³-hybridized carbons (Fsp3) is 0.933. The summed E-state index contributed by atoms with van der Waals surface area (Å²) >= 11 is 0. The molecule has 2 rings (SSSR count). The molecule has 2 fully saturated rings. The Balaban J connectivity index is 1.94. The van der Waals surface area contributed by atoms with Crippen molar-refractivity contribution in [1.29, 1.82) is 0 Å². The van der Waals surface area contributed by atoms with Crippen LogP contribution in [-0.2, 0) is 14.3 Å².